The molecule has 1 aliphatic rings. The Bertz CT molecular complexity index is 446. The molecule has 1 aromatic rings. The molecular formula is C13H14O2S. The summed E-state index contributed by atoms with van der Waals surface area (Å²) < 4.78 is 12.2. The molecule has 0 heterocycles. The second kappa shape index (κ2) is 4.74. The van der Waals surface area contributed by atoms with Crippen LogP contribution in [0.2, 0.25) is 0 Å². The van der Waals surface area contributed by atoms with Crippen molar-refractivity contribution in [3.8, 4) is 0 Å². The van der Waals surface area contributed by atoms with Gasteiger partial charge in [-0.1, -0.05) is 23.8 Å². The van der Waals surface area contributed by atoms with Crippen molar-refractivity contribution in [2.75, 3.05) is 0 Å². The second-order valence-electron chi connectivity index (χ2n) is 4.01. The fourth-order valence-electron chi connectivity index (χ4n) is 1.70. The molecule has 0 amide bonds. The summed E-state index contributed by atoms with van der Waals surface area (Å²) in [6, 6.07) is 7.72. The van der Waals surface area contributed by atoms with Crippen molar-refractivity contribution in [1.82, 2.24) is 0 Å². The molecule has 0 saturated carbocycles. The Kier molecular flexibility index (Phi) is 3.34. The molecule has 0 saturated heterocycles. The van der Waals surface area contributed by atoms with Crippen molar-refractivity contribution >= 4 is 16.6 Å². The van der Waals surface area contributed by atoms with Crippen LogP contribution < -0.4 is 0 Å². The monoisotopic (exact) mass is 234 g/mol. The summed E-state index contributed by atoms with van der Waals surface area (Å²) in [4.78, 5) is 11.9. The van der Waals surface area contributed by atoms with E-state index in [4.69, 9.17) is 0 Å². The molecular weight excluding hydrogens is 220 g/mol. The third-order valence-electron chi connectivity index (χ3n) is 2.70. The smallest absolute Gasteiger partial charge is 0.155 e. The van der Waals surface area contributed by atoms with Gasteiger partial charge in [0.25, 0.3) is 0 Å². The third kappa shape index (κ3) is 2.47. The molecule has 0 bridgehead atoms. The standard InChI is InChI=1S/C13H14O2S/c1-10-2-6-12(7-3-10)16(15)13-8-4-11(14)5-9-13/h2-4,6-8,13H,5,9H2,1H3. The lowest BCUT2D eigenvalue weighted by molar-refractivity contribution is -0.114. The SMILES string of the molecule is Cc1ccc(S(=O)C2C=CC(=O)CC2)cc1. The van der Waals surface area contributed by atoms with Gasteiger partial charge in [0.05, 0.1) is 16.0 Å². The lowest BCUT2D eigenvalue weighted by Crippen LogP contribution is -2.18. The molecule has 84 valence electrons. The fourth-order valence-corrected chi connectivity index (χ4v) is 3.01. The molecule has 0 fully saturated rings. The highest BCUT2D eigenvalue weighted by Crippen LogP contribution is 2.20. The molecule has 1 aliphatic carbocycles. The van der Waals surface area contributed by atoms with E-state index in [9.17, 15) is 9.00 Å². The number of hydrogen-bond donors (Lipinski definition) is 0. The van der Waals surface area contributed by atoms with Crippen LogP contribution in [0.5, 0.6) is 0 Å². The van der Waals surface area contributed by atoms with Gasteiger partial charge in [0.1, 0.15) is 0 Å². The van der Waals surface area contributed by atoms with E-state index in [0.717, 1.165) is 10.5 Å². The molecule has 1 aromatic carbocycles. The summed E-state index contributed by atoms with van der Waals surface area (Å²) in [7, 11) is -1.03. The molecule has 0 N–H and O–H groups in total. The van der Waals surface area contributed by atoms with Gasteiger partial charge in [-0.05, 0) is 31.6 Å². The molecule has 0 radical (unpaired) electrons. The number of allylic oxidation sites excluding steroid dienone is 1. The van der Waals surface area contributed by atoms with Crippen LogP contribution in [0.15, 0.2) is 41.3 Å². The Balaban J connectivity index is 2.16. The van der Waals surface area contributed by atoms with Crippen molar-refractivity contribution in [3.05, 3.63) is 42.0 Å². The number of carbonyl (C=O) groups excluding carboxylic acids is 1. The van der Waals surface area contributed by atoms with Gasteiger partial charge >= 0.3 is 0 Å². The first-order valence-corrected chi connectivity index (χ1v) is 6.56. The van der Waals surface area contributed by atoms with E-state index in [-0.39, 0.29) is 11.0 Å². The molecule has 2 nitrogen and oxygen atoms in total. The molecule has 2 rings (SSSR count). The second-order valence-corrected chi connectivity index (χ2v) is 5.68. The summed E-state index contributed by atoms with van der Waals surface area (Å²) in [5.41, 5.74) is 1.16. The fraction of sp³-hybridized carbons (Fsp3) is 0.308. The summed E-state index contributed by atoms with van der Waals surface area (Å²) in [5, 5.41) is -0.0135. The minimum Gasteiger partial charge on any atom is -0.295 e. The Morgan fingerprint density at radius 1 is 1.25 bits per heavy atom. The highest BCUT2D eigenvalue weighted by Gasteiger charge is 2.19. The molecule has 3 heteroatoms. The van der Waals surface area contributed by atoms with Crippen LogP contribution in [-0.2, 0) is 15.6 Å². The summed E-state index contributed by atoms with van der Waals surface area (Å²) in [6.07, 6.45) is 4.54. The van der Waals surface area contributed by atoms with Crippen LogP contribution in [0, 0.1) is 6.92 Å². The van der Waals surface area contributed by atoms with Gasteiger partial charge in [0, 0.05) is 11.3 Å². The van der Waals surface area contributed by atoms with Gasteiger partial charge in [0.2, 0.25) is 0 Å². The van der Waals surface area contributed by atoms with Gasteiger partial charge in [-0.25, -0.2) is 0 Å². The summed E-state index contributed by atoms with van der Waals surface area (Å²) in [5.74, 6) is 0.136. The van der Waals surface area contributed by atoms with E-state index >= 15 is 0 Å². The number of benzene rings is 1. The quantitative estimate of drug-likeness (QED) is 0.787. The highest BCUT2D eigenvalue weighted by atomic mass is 32.2. The predicted octanol–water partition coefficient (Wildman–Crippen LogP) is 2.39. The third-order valence-corrected chi connectivity index (χ3v) is 4.38. The molecule has 16 heavy (non-hydrogen) atoms. The molecule has 0 aromatic heterocycles. The van der Waals surface area contributed by atoms with Crippen molar-refractivity contribution < 1.29 is 9.00 Å². The Morgan fingerprint density at radius 3 is 2.50 bits per heavy atom. The van der Waals surface area contributed by atoms with Crippen molar-refractivity contribution in [2.45, 2.75) is 29.9 Å². The first kappa shape index (κ1) is 11.3. The zero-order chi connectivity index (χ0) is 11.5. The average molecular weight is 234 g/mol. The van der Waals surface area contributed by atoms with E-state index in [2.05, 4.69) is 0 Å². The van der Waals surface area contributed by atoms with E-state index < -0.39 is 10.8 Å². The van der Waals surface area contributed by atoms with Gasteiger partial charge in [-0.15, -0.1) is 0 Å². The lowest BCUT2D eigenvalue weighted by atomic mass is 10.1. The number of hydrogen-bond acceptors (Lipinski definition) is 2. The Hall–Kier alpha value is -1.22. The van der Waals surface area contributed by atoms with Crippen molar-refractivity contribution in [3.63, 3.8) is 0 Å². The normalized spacial score (nSPS) is 22.1. The van der Waals surface area contributed by atoms with Crippen LogP contribution in [-0.4, -0.2) is 15.2 Å². The zero-order valence-corrected chi connectivity index (χ0v) is 10.00. The van der Waals surface area contributed by atoms with E-state index in [1.54, 1.807) is 12.2 Å². The topological polar surface area (TPSA) is 34.1 Å². The first-order chi connectivity index (χ1) is 7.66. The maximum atomic E-state index is 12.2. The molecule has 2 atom stereocenters. The average Bonchev–Trinajstić information content (AvgIpc) is 2.30. The van der Waals surface area contributed by atoms with Gasteiger partial charge in [-0.2, -0.15) is 0 Å². The van der Waals surface area contributed by atoms with Crippen molar-refractivity contribution in [2.24, 2.45) is 0 Å². The van der Waals surface area contributed by atoms with E-state index in [1.165, 1.54) is 0 Å². The largest absolute Gasteiger partial charge is 0.295 e. The maximum Gasteiger partial charge on any atom is 0.155 e. The van der Waals surface area contributed by atoms with Crippen molar-refractivity contribution in [1.29, 1.82) is 0 Å². The van der Waals surface area contributed by atoms with Crippen LogP contribution in [0.25, 0.3) is 0 Å². The Labute approximate surface area is 97.8 Å². The van der Waals surface area contributed by atoms with E-state index in [0.29, 0.717) is 12.8 Å². The minimum atomic E-state index is -1.03. The van der Waals surface area contributed by atoms with Crippen LogP contribution >= 0.6 is 0 Å². The molecule has 0 aliphatic heterocycles. The number of rotatable bonds is 2. The van der Waals surface area contributed by atoms with Gasteiger partial charge in [-0.3, -0.25) is 9.00 Å². The Morgan fingerprint density at radius 2 is 1.94 bits per heavy atom. The first-order valence-electron chi connectivity index (χ1n) is 5.35. The van der Waals surface area contributed by atoms with E-state index in [1.807, 2.05) is 31.2 Å². The summed E-state index contributed by atoms with van der Waals surface area (Å²) >= 11 is 0. The maximum absolute atomic E-state index is 12.2. The highest BCUT2D eigenvalue weighted by molar-refractivity contribution is 7.85. The summed E-state index contributed by atoms with van der Waals surface area (Å²) in [6.45, 7) is 2.01. The van der Waals surface area contributed by atoms with Gasteiger partial charge in [0.15, 0.2) is 5.78 Å². The zero-order valence-electron chi connectivity index (χ0n) is 9.18. The predicted molar refractivity (Wildman–Crippen MR) is 64.8 cm³/mol. The van der Waals surface area contributed by atoms with Gasteiger partial charge < -0.3 is 0 Å². The molecule has 2 unspecified atom stereocenters. The number of aryl methyl sites for hydroxylation is 1. The number of ketones is 1. The van der Waals surface area contributed by atoms with Crippen LogP contribution in [0.4, 0.5) is 0 Å². The molecule has 0 spiro atoms. The minimum absolute atomic E-state index is 0.0135. The number of carbonyl (C=O) groups is 1. The lowest BCUT2D eigenvalue weighted by Gasteiger charge is -2.15. The van der Waals surface area contributed by atoms with Crippen LogP contribution in [0.1, 0.15) is 18.4 Å². The van der Waals surface area contributed by atoms with Crippen LogP contribution in [0.3, 0.4) is 0 Å².